The van der Waals surface area contributed by atoms with Crippen LogP contribution in [0.15, 0.2) is 71.6 Å². The number of carbonyl (C=O) groups is 1. The summed E-state index contributed by atoms with van der Waals surface area (Å²) < 4.78 is 116. The maximum Gasteiger partial charge on any atom is 0.573 e. The molecule has 0 bridgehead atoms. The van der Waals surface area contributed by atoms with Crippen molar-refractivity contribution in [3.63, 3.8) is 0 Å². The summed E-state index contributed by atoms with van der Waals surface area (Å²) >= 11 is 0. The summed E-state index contributed by atoms with van der Waals surface area (Å²) in [6.45, 7) is -0.417. The van der Waals surface area contributed by atoms with Gasteiger partial charge in [-0.1, -0.05) is 24.3 Å². The van der Waals surface area contributed by atoms with Crippen molar-refractivity contribution in [2.24, 2.45) is 0 Å². The van der Waals surface area contributed by atoms with E-state index in [1.165, 1.54) is 30.3 Å². The van der Waals surface area contributed by atoms with Crippen molar-refractivity contribution in [3.05, 3.63) is 72.3 Å². The van der Waals surface area contributed by atoms with Crippen LogP contribution >= 0.6 is 0 Å². The number of fused-ring (bicyclic) bond motifs is 1. The van der Waals surface area contributed by atoms with Crippen molar-refractivity contribution < 1.29 is 54.1 Å². The van der Waals surface area contributed by atoms with Crippen LogP contribution in [0.1, 0.15) is 18.4 Å². The number of ether oxygens (including phenoxy) is 2. The van der Waals surface area contributed by atoms with Gasteiger partial charge in [-0.15, -0.1) is 13.2 Å². The van der Waals surface area contributed by atoms with E-state index in [0.717, 1.165) is 34.6 Å². The lowest BCUT2D eigenvalue weighted by Crippen LogP contribution is -2.43. The highest BCUT2D eigenvalue weighted by Crippen LogP contribution is 2.41. The second-order valence-electron chi connectivity index (χ2n) is 8.49. The van der Waals surface area contributed by atoms with E-state index >= 15 is 0 Å². The number of hydrogen-bond acceptors (Lipinski definition) is 5. The van der Waals surface area contributed by atoms with Crippen LogP contribution in [0.3, 0.4) is 0 Å². The Kier molecular flexibility index (Phi) is 7.43. The molecule has 3 aromatic carbocycles. The summed E-state index contributed by atoms with van der Waals surface area (Å²) in [5.74, 6) is -1.68. The smallest absolute Gasteiger partial charge is 0.486 e. The number of anilines is 1. The maximum atomic E-state index is 13.6. The second kappa shape index (κ2) is 10.3. The van der Waals surface area contributed by atoms with E-state index in [0.29, 0.717) is 6.07 Å². The van der Waals surface area contributed by atoms with Crippen LogP contribution in [0.2, 0.25) is 0 Å². The Hall–Kier alpha value is -3.94. The molecule has 0 saturated heterocycles. The molecule has 0 radical (unpaired) electrons. The lowest BCUT2D eigenvalue weighted by atomic mass is 10.0. The Morgan fingerprint density at radius 2 is 1.67 bits per heavy atom. The van der Waals surface area contributed by atoms with E-state index in [1.54, 1.807) is 0 Å². The number of carboxylic acids is 1. The molecule has 1 aliphatic rings. The summed E-state index contributed by atoms with van der Waals surface area (Å²) in [6, 6.07) is 12.2. The van der Waals surface area contributed by atoms with Gasteiger partial charge in [0.15, 0.2) is 0 Å². The highest BCUT2D eigenvalue weighted by atomic mass is 32.2. The number of aliphatic carboxylic acids is 1. The van der Waals surface area contributed by atoms with Crippen molar-refractivity contribution in [1.29, 1.82) is 0 Å². The molecule has 1 aliphatic heterocycles. The minimum atomic E-state index is -4.94. The monoisotopic (exact) mass is 575 g/mol. The van der Waals surface area contributed by atoms with Crippen molar-refractivity contribution in [3.8, 4) is 22.6 Å². The van der Waals surface area contributed by atoms with Gasteiger partial charge in [0.2, 0.25) is 0 Å². The number of sulfonamides is 1. The molecule has 0 amide bonds. The molecule has 0 aliphatic carbocycles. The van der Waals surface area contributed by atoms with Gasteiger partial charge in [0.1, 0.15) is 17.6 Å². The van der Waals surface area contributed by atoms with E-state index in [9.17, 15) is 39.6 Å². The molecule has 0 spiro atoms. The zero-order valence-corrected chi connectivity index (χ0v) is 20.5. The van der Waals surface area contributed by atoms with Gasteiger partial charge in [-0.05, 0) is 60.0 Å². The predicted molar refractivity (Wildman–Crippen MR) is 126 cm³/mol. The second-order valence-corrected chi connectivity index (χ2v) is 10.4. The van der Waals surface area contributed by atoms with E-state index < -0.39 is 57.4 Å². The van der Waals surface area contributed by atoms with E-state index in [-0.39, 0.29) is 35.4 Å². The SMILES string of the molecule is O=C(O)CCC1CN(S(=O)(=O)c2cccc(C(F)(F)F)c2)c2cc(-c3cccc(OC(F)(F)F)c3)ccc2O1. The fraction of sp³-hybridized carbons (Fsp3) is 0.240. The van der Waals surface area contributed by atoms with Crippen molar-refractivity contribution in [1.82, 2.24) is 0 Å². The fourth-order valence-corrected chi connectivity index (χ4v) is 5.53. The number of hydrogen-bond donors (Lipinski definition) is 1. The fourth-order valence-electron chi connectivity index (χ4n) is 3.99. The minimum absolute atomic E-state index is 0.00126. The van der Waals surface area contributed by atoms with Gasteiger partial charge in [0.25, 0.3) is 10.0 Å². The van der Waals surface area contributed by atoms with Gasteiger partial charge in [-0.3, -0.25) is 9.10 Å². The zero-order chi connectivity index (χ0) is 28.6. The highest BCUT2D eigenvalue weighted by Gasteiger charge is 2.37. The van der Waals surface area contributed by atoms with Gasteiger partial charge in [0.05, 0.1) is 22.7 Å². The minimum Gasteiger partial charge on any atom is -0.486 e. The molecule has 14 heteroatoms. The molecule has 4 rings (SSSR count). The number of benzene rings is 3. The molecular weight excluding hydrogens is 556 g/mol. The van der Waals surface area contributed by atoms with Crippen LogP contribution in [0.5, 0.6) is 11.5 Å². The normalized spacial score (nSPS) is 15.8. The summed E-state index contributed by atoms with van der Waals surface area (Å²) in [5.41, 5.74) is -0.782. The lowest BCUT2D eigenvalue weighted by molar-refractivity contribution is -0.274. The van der Waals surface area contributed by atoms with Crippen molar-refractivity contribution >= 4 is 21.7 Å². The Morgan fingerprint density at radius 1 is 0.974 bits per heavy atom. The van der Waals surface area contributed by atoms with E-state index in [4.69, 9.17) is 9.84 Å². The first-order valence-electron chi connectivity index (χ1n) is 11.2. The van der Waals surface area contributed by atoms with Gasteiger partial charge >= 0.3 is 18.5 Å². The van der Waals surface area contributed by atoms with E-state index in [1.807, 2.05) is 0 Å². The molecular formula is C25H19F6NO6S. The summed E-state index contributed by atoms with van der Waals surface area (Å²) in [7, 11) is -4.63. The third kappa shape index (κ3) is 6.56. The molecule has 39 heavy (non-hydrogen) atoms. The van der Waals surface area contributed by atoms with Gasteiger partial charge in [-0.25, -0.2) is 8.42 Å². The molecule has 0 aromatic heterocycles. The average Bonchev–Trinajstić information content (AvgIpc) is 2.85. The Morgan fingerprint density at radius 3 is 2.33 bits per heavy atom. The number of carboxylic acid groups (broad SMARTS) is 1. The first kappa shape index (κ1) is 28.1. The number of halogens is 6. The number of alkyl halides is 6. The Bertz CT molecular complexity index is 1490. The summed E-state index contributed by atoms with van der Waals surface area (Å²) in [4.78, 5) is 10.4. The van der Waals surface area contributed by atoms with E-state index in [2.05, 4.69) is 4.74 Å². The van der Waals surface area contributed by atoms with Crippen LogP contribution in [-0.2, 0) is 21.0 Å². The molecule has 1 heterocycles. The first-order chi connectivity index (χ1) is 18.1. The van der Waals surface area contributed by atoms with Gasteiger partial charge in [-0.2, -0.15) is 13.2 Å². The molecule has 7 nitrogen and oxygen atoms in total. The molecule has 1 unspecified atom stereocenters. The standard InChI is InChI=1S/C25H19F6NO6S/c26-24(27,28)17-4-2-6-20(13-17)39(35,36)32-14-19(8-10-23(33)34)37-22-9-7-16(12-21(22)32)15-3-1-5-18(11-15)38-25(29,30)31/h1-7,9,11-13,19H,8,10,14H2,(H,33,34). The van der Waals surface area contributed by atoms with Gasteiger partial charge < -0.3 is 14.6 Å². The lowest BCUT2D eigenvalue weighted by Gasteiger charge is -2.36. The Labute approximate surface area is 218 Å². The van der Waals surface area contributed by atoms with Crippen LogP contribution in [0.4, 0.5) is 32.0 Å². The largest absolute Gasteiger partial charge is 0.573 e. The quantitative estimate of drug-likeness (QED) is 0.343. The third-order valence-corrected chi connectivity index (χ3v) is 7.50. The first-order valence-corrected chi connectivity index (χ1v) is 12.7. The number of rotatable bonds is 7. The predicted octanol–water partition coefficient (Wildman–Crippen LogP) is 6.09. The van der Waals surface area contributed by atoms with Gasteiger partial charge in [0, 0.05) is 6.42 Å². The van der Waals surface area contributed by atoms with Crippen LogP contribution in [-0.4, -0.2) is 38.5 Å². The highest BCUT2D eigenvalue weighted by molar-refractivity contribution is 7.92. The van der Waals surface area contributed by atoms with Crippen LogP contribution in [0, 0.1) is 0 Å². The topological polar surface area (TPSA) is 93.1 Å². The Balaban J connectivity index is 1.79. The molecule has 1 N–H and O–H groups in total. The molecule has 0 fully saturated rings. The molecule has 208 valence electrons. The molecule has 1 atom stereocenters. The zero-order valence-electron chi connectivity index (χ0n) is 19.7. The average molecular weight is 575 g/mol. The summed E-state index contributed by atoms with van der Waals surface area (Å²) in [5, 5.41) is 9.03. The third-order valence-electron chi connectivity index (χ3n) is 5.72. The van der Waals surface area contributed by atoms with Crippen molar-refractivity contribution in [2.75, 3.05) is 10.8 Å². The number of nitrogens with zero attached hydrogens (tertiary/aromatic N) is 1. The molecule has 0 saturated carbocycles. The van der Waals surface area contributed by atoms with Crippen molar-refractivity contribution in [2.45, 2.75) is 36.4 Å². The maximum absolute atomic E-state index is 13.6. The van der Waals surface area contributed by atoms with Crippen LogP contribution < -0.4 is 13.8 Å². The molecule has 3 aromatic rings. The summed E-state index contributed by atoms with van der Waals surface area (Å²) in [6.07, 6.45) is -11.1. The van der Waals surface area contributed by atoms with Crippen LogP contribution in [0.25, 0.3) is 11.1 Å².